The van der Waals surface area contributed by atoms with Crippen LogP contribution in [0, 0.1) is 17.3 Å². The molecular weight excluding hydrogens is 332 g/mol. The van der Waals surface area contributed by atoms with Crippen LogP contribution in [0.25, 0.3) is 0 Å². The van der Waals surface area contributed by atoms with E-state index in [0.717, 1.165) is 24.3 Å². The third kappa shape index (κ3) is 7.94. The van der Waals surface area contributed by atoms with Gasteiger partial charge in [-0.15, -0.1) is 0 Å². The Bertz CT molecular complexity index is 836. The molecule has 0 fully saturated rings. The second-order valence-corrected chi connectivity index (χ2v) is 7.64. The molecule has 0 saturated heterocycles. The monoisotopic (exact) mass is 360 g/mol. The van der Waals surface area contributed by atoms with Crippen LogP contribution in [-0.4, -0.2) is 24.4 Å². The third-order valence-electron chi connectivity index (χ3n) is 3.74. The molecule has 140 valence electrons. The quantitative estimate of drug-likeness (QED) is 0.737. The first-order valence-corrected chi connectivity index (χ1v) is 9.15. The molecule has 0 heterocycles. The molecule has 0 saturated carbocycles. The van der Waals surface area contributed by atoms with Gasteiger partial charge >= 0.3 is 0 Å². The molecule has 0 aromatic heterocycles. The van der Waals surface area contributed by atoms with Crippen molar-refractivity contribution in [1.29, 1.82) is 0 Å². The van der Waals surface area contributed by atoms with Gasteiger partial charge in [0.2, 0.25) is 0 Å². The number of rotatable bonds is 6. The van der Waals surface area contributed by atoms with E-state index >= 15 is 0 Å². The van der Waals surface area contributed by atoms with Gasteiger partial charge in [-0.2, -0.15) is 0 Å². The fraction of sp³-hybridized carbons (Fsp3) is 0.292. The molecular formula is C24H28N2O. The van der Waals surface area contributed by atoms with E-state index in [1.165, 1.54) is 0 Å². The van der Waals surface area contributed by atoms with Gasteiger partial charge in [0.25, 0.3) is 5.91 Å². The summed E-state index contributed by atoms with van der Waals surface area (Å²) < 4.78 is 0. The molecule has 27 heavy (non-hydrogen) atoms. The Balaban J connectivity index is 1.90. The van der Waals surface area contributed by atoms with Crippen LogP contribution < -0.4 is 5.32 Å². The van der Waals surface area contributed by atoms with Gasteiger partial charge in [-0.3, -0.25) is 9.69 Å². The number of nitrogens with one attached hydrogen (secondary N) is 1. The number of carbonyl (C=O) groups is 1. The van der Waals surface area contributed by atoms with E-state index in [-0.39, 0.29) is 11.3 Å². The number of nitrogens with zero attached hydrogens (tertiary/aromatic N) is 1. The van der Waals surface area contributed by atoms with Crippen LogP contribution in [0.4, 0.5) is 5.69 Å². The molecule has 3 heteroatoms. The number of carbonyl (C=O) groups excluding carboxylic acids is 1. The lowest BCUT2D eigenvalue weighted by Gasteiger charge is -2.15. The van der Waals surface area contributed by atoms with Crippen molar-refractivity contribution in [2.24, 2.45) is 5.41 Å². The van der Waals surface area contributed by atoms with Crippen LogP contribution in [0.15, 0.2) is 66.7 Å². The first kappa shape index (κ1) is 20.5. The Morgan fingerprint density at radius 1 is 1.11 bits per heavy atom. The fourth-order valence-corrected chi connectivity index (χ4v) is 2.47. The molecule has 0 spiro atoms. The predicted octanol–water partition coefficient (Wildman–Crippen LogP) is 4.98. The van der Waals surface area contributed by atoms with Crippen molar-refractivity contribution < 1.29 is 4.79 Å². The second kappa shape index (κ2) is 9.75. The minimum atomic E-state index is -0.0959. The Morgan fingerprint density at radius 2 is 1.85 bits per heavy atom. The van der Waals surface area contributed by atoms with Crippen LogP contribution in [-0.2, 0) is 6.54 Å². The summed E-state index contributed by atoms with van der Waals surface area (Å²) in [5.41, 5.74) is 2.64. The topological polar surface area (TPSA) is 32.3 Å². The molecule has 2 rings (SSSR count). The zero-order chi connectivity index (χ0) is 19.7. The largest absolute Gasteiger partial charge is 0.322 e. The lowest BCUT2D eigenvalue weighted by Crippen LogP contribution is -2.18. The molecule has 0 unspecified atom stereocenters. The van der Waals surface area contributed by atoms with Gasteiger partial charge in [0.15, 0.2) is 0 Å². The molecule has 1 N–H and O–H groups in total. The first-order valence-electron chi connectivity index (χ1n) is 9.15. The molecule has 0 bridgehead atoms. The Labute approximate surface area is 163 Å². The van der Waals surface area contributed by atoms with Crippen LogP contribution in [0.3, 0.4) is 0 Å². The Hall–Kier alpha value is -2.83. The maximum Gasteiger partial charge on any atom is 0.255 e. The van der Waals surface area contributed by atoms with Gasteiger partial charge in [0.1, 0.15) is 0 Å². The highest BCUT2D eigenvalue weighted by molar-refractivity contribution is 6.04. The first-order chi connectivity index (χ1) is 12.8. The summed E-state index contributed by atoms with van der Waals surface area (Å²) in [4.78, 5) is 14.5. The number of hydrogen-bond donors (Lipinski definition) is 1. The van der Waals surface area contributed by atoms with Crippen LogP contribution in [0.2, 0.25) is 0 Å². The summed E-state index contributed by atoms with van der Waals surface area (Å²) in [5.74, 6) is 6.18. The summed E-state index contributed by atoms with van der Waals surface area (Å²) in [6.45, 7) is 7.92. The number of allylic oxidation sites excluding steroid dienone is 1. The van der Waals surface area contributed by atoms with Gasteiger partial charge < -0.3 is 5.32 Å². The number of hydrogen-bond acceptors (Lipinski definition) is 2. The number of amides is 1. The molecule has 0 atom stereocenters. The highest BCUT2D eigenvalue weighted by Gasteiger charge is 2.06. The maximum absolute atomic E-state index is 12.3. The molecule has 1 amide bonds. The van der Waals surface area contributed by atoms with Gasteiger partial charge in [-0.1, -0.05) is 48.2 Å². The SMILES string of the molecule is CN(C/C=C/C#CC(C)(C)C)Cc1cccc(NC(=O)c2ccccc2)c1. The minimum Gasteiger partial charge on any atom is -0.322 e. The Morgan fingerprint density at radius 3 is 2.56 bits per heavy atom. The van der Waals surface area contributed by atoms with E-state index < -0.39 is 0 Å². The van der Waals surface area contributed by atoms with Gasteiger partial charge in [0.05, 0.1) is 0 Å². The van der Waals surface area contributed by atoms with Gasteiger partial charge in [0, 0.05) is 29.8 Å². The van der Waals surface area contributed by atoms with Crippen molar-refractivity contribution in [1.82, 2.24) is 4.90 Å². The molecule has 3 nitrogen and oxygen atoms in total. The summed E-state index contributed by atoms with van der Waals surface area (Å²) in [6, 6.07) is 17.2. The van der Waals surface area contributed by atoms with Gasteiger partial charge in [-0.05, 0) is 63.7 Å². The fourth-order valence-electron chi connectivity index (χ4n) is 2.47. The second-order valence-electron chi connectivity index (χ2n) is 7.64. The van der Waals surface area contributed by atoms with Crippen LogP contribution >= 0.6 is 0 Å². The van der Waals surface area contributed by atoms with E-state index in [0.29, 0.717) is 5.56 Å². The Kier molecular flexibility index (Phi) is 7.40. The lowest BCUT2D eigenvalue weighted by molar-refractivity contribution is 0.102. The summed E-state index contributed by atoms with van der Waals surface area (Å²) in [7, 11) is 2.07. The normalized spacial score (nSPS) is 11.3. The third-order valence-corrected chi connectivity index (χ3v) is 3.74. The summed E-state index contributed by atoms with van der Waals surface area (Å²) in [6.07, 6.45) is 3.98. The van der Waals surface area contributed by atoms with Crippen molar-refractivity contribution in [3.63, 3.8) is 0 Å². The molecule has 0 aliphatic heterocycles. The molecule has 0 aliphatic carbocycles. The number of likely N-dealkylation sites (N-methyl/N-ethyl adjacent to an activating group) is 1. The van der Waals surface area contributed by atoms with Crippen molar-refractivity contribution >= 4 is 11.6 Å². The summed E-state index contributed by atoms with van der Waals surface area (Å²) >= 11 is 0. The van der Waals surface area contributed by atoms with Crippen molar-refractivity contribution in [2.75, 3.05) is 18.9 Å². The number of anilines is 1. The maximum atomic E-state index is 12.3. The van der Waals surface area contributed by atoms with Gasteiger partial charge in [-0.25, -0.2) is 0 Å². The van der Waals surface area contributed by atoms with Crippen LogP contribution in [0.5, 0.6) is 0 Å². The molecule has 0 radical (unpaired) electrons. The predicted molar refractivity (Wildman–Crippen MR) is 114 cm³/mol. The lowest BCUT2D eigenvalue weighted by atomic mass is 9.98. The highest BCUT2D eigenvalue weighted by atomic mass is 16.1. The number of benzene rings is 2. The average Bonchev–Trinajstić information content (AvgIpc) is 2.61. The molecule has 0 aliphatic rings. The van der Waals surface area contributed by atoms with E-state index in [4.69, 9.17) is 0 Å². The average molecular weight is 361 g/mol. The van der Waals surface area contributed by atoms with Crippen molar-refractivity contribution in [3.8, 4) is 11.8 Å². The van der Waals surface area contributed by atoms with Crippen molar-refractivity contribution in [3.05, 3.63) is 77.9 Å². The summed E-state index contributed by atoms with van der Waals surface area (Å²) in [5, 5.41) is 2.96. The molecule has 2 aromatic carbocycles. The van der Waals surface area contributed by atoms with E-state index in [9.17, 15) is 4.79 Å². The zero-order valence-electron chi connectivity index (χ0n) is 16.6. The van der Waals surface area contributed by atoms with E-state index in [1.54, 1.807) is 0 Å². The molecule has 2 aromatic rings. The zero-order valence-corrected chi connectivity index (χ0v) is 16.6. The standard InChI is InChI=1S/C24H28N2O/c1-24(2,3)16-9-6-10-17-26(4)19-20-12-11-15-22(18-20)25-23(27)21-13-7-5-8-14-21/h5-8,10-15,18H,17,19H2,1-4H3,(H,25,27)/b10-6+. The van der Waals surface area contributed by atoms with E-state index in [2.05, 4.69) is 62.0 Å². The minimum absolute atomic E-state index is 0.0286. The van der Waals surface area contributed by atoms with Crippen molar-refractivity contribution in [2.45, 2.75) is 27.3 Å². The van der Waals surface area contributed by atoms with Crippen LogP contribution in [0.1, 0.15) is 36.7 Å². The van der Waals surface area contributed by atoms with E-state index in [1.807, 2.05) is 54.6 Å². The highest BCUT2D eigenvalue weighted by Crippen LogP contribution is 2.14. The smallest absolute Gasteiger partial charge is 0.255 e.